The van der Waals surface area contributed by atoms with Gasteiger partial charge in [0.2, 0.25) is 5.91 Å². The molecule has 2 aliphatic carbocycles. The molecule has 1 spiro atoms. The van der Waals surface area contributed by atoms with Gasteiger partial charge in [0.05, 0.1) is 22.5 Å². The van der Waals surface area contributed by atoms with Crippen molar-refractivity contribution in [3.63, 3.8) is 0 Å². The van der Waals surface area contributed by atoms with Gasteiger partial charge < -0.3 is 19.5 Å². The Kier molecular flexibility index (Phi) is 6.60. The maximum atomic E-state index is 13.6. The Morgan fingerprint density at radius 2 is 2.08 bits per heavy atom. The third-order valence-electron chi connectivity index (χ3n) is 9.34. The quantitative estimate of drug-likeness (QED) is 0.302. The third-order valence-corrected chi connectivity index (χ3v) is 10.1. The average molecular weight is 572 g/mol. The fraction of sp³-hybridized carbons (Fsp3) is 0.467. The van der Waals surface area contributed by atoms with Crippen LogP contribution in [0.1, 0.15) is 42.9 Å². The minimum atomic E-state index is -0.474. The second kappa shape index (κ2) is 9.72. The van der Waals surface area contributed by atoms with Crippen molar-refractivity contribution in [2.24, 2.45) is 5.92 Å². The zero-order valence-electron chi connectivity index (χ0n) is 22.1. The minimum absolute atomic E-state index is 0.0347. The first kappa shape index (κ1) is 26.5. The van der Waals surface area contributed by atoms with E-state index >= 15 is 0 Å². The van der Waals surface area contributed by atoms with Gasteiger partial charge in [-0.1, -0.05) is 35.3 Å². The van der Waals surface area contributed by atoms with Crippen molar-refractivity contribution in [3.05, 3.63) is 63.7 Å². The molecule has 5 atom stereocenters. The molecule has 1 saturated heterocycles. The first-order chi connectivity index (χ1) is 18.6. The van der Waals surface area contributed by atoms with E-state index in [9.17, 15) is 14.7 Å². The van der Waals surface area contributed by atoms with Gasteiger partial charge in [-0.2, -0.15) is 0 Å². The second-order valence-electron chi connectivity index (χ2n) is 11.2. The molecule has 1 N–H and O–H groups in total. The van der Waals surface area contributed by atoms with Crippen LogP contribution in [0.5, 0.6) is 17.2 Å². The Bertz CT molecular complexity index is 1380. The number of amides is 1. The van der Waals surface area contributed by atoms with Crippen LogP contribution in [0.15, 0.2) is 36.9 Å². The molecule has 0 aromatic heterocycles. The molecule has 2 bridgehead atoms. The lowest BCUT2D eigenvalue weighted by molar-refractivity contribution is -0.139. The van der Waals surface area contributed by atoms with E-state index in [-0.39, 0.29) is 53.3 Å². The first-order valence-electron chi connectivity index (χ1n) is 13.4. The molecule has 206 valence electrons. The van der Waals surface area contributed by atoms with Crippen LogP contribution in [0.2, 0.25) is 10.0 Å². The molecule has 0 radical (unpaired) electrons. The van der Waals surface area contributed by atoms with Crippen LogP contribution in [0.3, 0.4) is 0 Å². The fourth-order valence-corrected chi connectivity index (χ4v) is 8.13. The number of likely N-dealkylation sites (N-methyl/N-ethyl adjacent to an activating group) is 1. The zero-order chi connectivity index (χ0) is 27.6. The van der Waals surface area contributed by atoms with E-state index < -0.39 is 5.97 Å². The van der Waals surface area contributed by atoms with Gasteiger partial charge in [0.1, 0.15) is 11.9 Å². The van der Waals surface area contributed by atoms with Gasteiger partial charge in [-0.25, -0.2) is 0 Å². The highest BCUT2D eigenvalue weighted by atomic mass is 35.5. The van der Waals surface area contributed by atoms with E-state index in [0.717, 1.165) is 49.0 Å². The summed E-state index contributed by atoms with van der Waals surface area (Å²) in [7, 11) is 1.84. The lowest BCUT2D eigenvalue weighted by atomic mass is 9.51. The van der Waals surface area contributed by atoms with Crippen molar-refractivity contribution >= 4 is 35.1 Å². The van der Waals surface area contributed by atoms with Gasteiger partial charge in [0.15, 0.2) is 11.5 Å². The third kappa shape index (κ3) is 4.04. The number of phenols is 1. The van der Waals surface area contributed by atoms with Crippen LogP contribution in [0, 0.1) is 5.92 Å². The predicted molar refractivity (Wildman–Crippen MR) is 149 cm³/mol. The number of esters is 1. The Morgan fingerprint density at radius 3 is 2.79 bits per heavy atom. The van der Waals surface area contributed by atoms with E-state index in [1.165, 1.54) is 13.0 Å². The van der Waals surface area contributed by atoms with E-state index in [1.54, 1.807) is 12.1 Å². The number of benzene rings is 2. The van der Waals surface area contributed by atoms with Crippen LogP contribution < -0.4 is 9.47 Å². The first-order valence-corrected chi connectivity index (χ1v) is 14.2. The topological polar surface area (TPSA) is 79.3 Å². The van der Waals surface area contributed by atoms with Gasteiger partial charge >= 0.3 is 5.97 Å². The number of carbonyl (C=O) groups is 2. The highest BCUT2D eigenvalue weighted by molar-refractivity contribution is 6.42. The molecule has 4 aliphatic rings. The van der Waals surface area contributed by atoms with E-state index in [0.29, 0.717) is 22.2 Å². The standard InChI is InChI=1S/C30H32Cl2N2O5/c1-4-10-34-11-9-30-19-6-8-22(33(3)26(37)13-17-5-7-20(31)21(32)12-17)29(30)39-28-25(38-16(2)35)15-24(36)18(27(28)30)14-23(19)34/h4-5,7,12,15,19,22-23,29,36H,1,6,8-11,13-14H2,2-3H3/t19-,22-,23+,29-,30-/m0/s1. The lowest BCUT2D eigenvalue weighted by Crippen LogP contribution is -2.69. The van der Waals surface area contributed by atoms with Crippen molar-refractivity contribution in [2.75, 3.05) is 20.1 Å². The number of nitrogens with zero attached hydrogens (tertiary/aromatic N) is 2. The molecular weight excluding hydrogens is 539 g/mol. The number of hydrogen-bond acceptors (Lipinski definition) is 6. The van der Waals surface area contributed by atoms with Crippen LogP contribution in [-0.2, 0) is 27.8 Å². The Hall–Kier alpha value is -2.74. The van der Waals surface area contributed by atoms with Gasteiger partial charge in [-0.3, -0.25) is 14.5 Å². The molecule has 1 amide bonds. The number of ether oxygens (including phenoxy) is 2. The summed E-state index contributed by atoms with van der Waals surface area (Å²) in [5.41, 5.74) is 2.24. The molecule has 2 heterocycles. The molecule has 6 rings (SSSR count). The highest BCUT2D eigenvalue weighted by Gasteiger charge is 2.67. The second-order valence-corrected chi connectivity index (χ2v) is 12.0. The smallest absolute Gasteiger partial charge is 0.308 e. The SMILES string of the molecule is C=CCN1CC[C@]23c4c5c(O)cc(OC(C)=O)c4O[C@H]2[C@@H](N(C)C(=O)Cc2ccc(Cl)c(Cl)c2)CC[C@H]3[C@H]1C5. The van der Waals surface area contributed by atoms with Crippen molar-refractivity contribution in [2.45, 2.75) is 62.6 Å². The maximum absolute atomic E-state index is 13.6. The van der Waals surface area contributed by atoms with Crippen molar-refractivity contribution < 1.29 is 24.2 Å². The molecule has 0 unspecified atom stereocenters. The summed E-state index contributed by atoms with van der Waals surface area (Å²) < 4.78 is 12.3. The Balaban J connectivity index is 1.40. The fourth-order valence-electron chi connectivity index (χ4n) is 7.80. The van der Waals surface area contributed by atoms with Gasteiger partial charge in [-0.15, -0.1) is 6.58 Å². The number of piperidine rings is 1. The number of likely N-dealkylation sites (tertiary alicyclic amines) is 1. The monoisotopic (exact) mass is 570 g/mol. The van der Waals surface area contributed by atoms with Crippen molar-refractivity contribution in [1.29, 1.82) is 0 Å². The molecule has 2 aliphatic heterocycles. The average Bonchev–Trinajstić information content (AvgIpc) is 3.23. The summed E-state index contributed by atoms with van der Waals surface area (Å²) in [5.74, 6) is 0.693. The summed E-state index contributed by atoms with van der Waals surface area (Å²) in [6, 6.07) is 6.80. The van der Waals surface area contributed by atoms with Crippen LogP contribution >= 0.6 is 23.2 Å². The van der Waals surface area contributed by atoms with E-state index in [4.69, 9.17) is 32.7 Å². The summed E-state index contributed by atoms with van der Waals surface area (Å²) in [6.07, 6.45) is 5.04. The van der Waals surface area contributed by atoms with Gasteiger partial charge in [0.25, 0.3) is 0 Å². The largest absolute Gasteiger partial charge is 0.508 e. The molecule has 2 aromatic carbocycles. The number of rotatable bonds is 6. The summed E-state index contributed by atoms with van der Waals surface area (Å²) in [5, 5.41) is 12.0. The Labute approximate surface area is 238 Å². The molecule has 2 fully saturated rings. The normalized spacial score (nSPS) is 28.3. The van der Waals surface area contributed by atoms with Crippen LogP contribution in [-0.4, -0.2) is 65.1 Å². The van der Waals surface area contributed by atoms with Gasteiger partial charge in [-0.05, 0) is 55.8 Å². The summed E-state index contributed by atoms with van der Waals surface area (Å²) in [4.78, 5) is 29.8. The molecule has 39 heavy (non-hydrogen) atoms. The molecular formula is C30H32Cl2N2O5. The lowest BCUT2D eigenvalue weighted by Gasteiger charge is -2.60. The molecule has 1 saturated carbocycles. The minimum Gasteiger partial charge on any atom is -0.508 e. The van der Waals surface area contributed by atoms with Crippen LogP contribution in [0.25, 0.3) is 0 Å². The number of carbonyl (C=O) groups excluding carboxylic acids is 2. The number of hydrogen-bond donors (Lipinski definition) is 1. The summed E-state index contributed by atoms with van der Waals surface area (Å²) >= 11 is 12.3. The van der Waals surface area contributed by atoms with Crippen molar-refractivity contribution in [1.82, 2.24) is 9.80 Å². The van der Waals surface area contributed by atoms with E-state index in [1.807, 2.05) is 24.1 Å². The predicted octanol–water partition coefficient (Wildman–Crippen LogP) is 4.92. The van der Waals surface area contributed by atoms with E-state index in [2.05, 4.69) is 11.5 Å². The molecule has 7 nitrogen and oxygen atoms in total. The summed E-state index contributed by atoms with van der Waals surface area (Å²) in [6.45, 7) is 6.95. The number of aromatic hydroxyl groups is 1. The number of phenolic OH excluding ortho intramolecular Hbond substituents is 1. The number of halogens is 2. The molecule has 2 aromatic rings. The van der Waals surface area contributed by atoms with Crippen LogP contribution in [0.4, 0.5) is 0 Å². The Morgan fingerprint density at radius 1 is 1.28 bits per heavy atom. The van der Waals surface area contributed by atoms with Gasteiger partial charge in [0, 0.05) is 49.2 Å². The zero-order valence-corrected chi connectivity index (χ0v) is 23.6. The molecule has 9 heteroatoms. The highest BCUT2D eigenvalue weighted by Crippen LogP contribution is 2.65. The van der Waals surface area contributed by atoms with Crippen molar-refractivity contribution in [3.8, 4) is 17.2 Å². The maximum Gasteiger partial charge on any atom is 0.308 e.